The van der Waals surface area contributed by atoms with Gasteiger partial charge in [0.25, 0.3) is 0 Å². The van der Waals surface area contributed by atoms with Gasteiger partial charge in [-0.05, 0) is 87.1 Å². The second kappa shape index (κ2) is 11.5. The average Bonchev–Trinajstić information content (AvgIpc) is 2.87. The molecule has 2 aromatic carbocycles. The number of carbonyl (C=O) groups is 1. The first-order chi connectivity index (χ1) is 17.0. The van der Waals surface area contributed by atoms with E-state index < -0.39 is 5.97 Å². The number of esters is 1. The first kappa shape index (κ1) is 25.0. The zero-order chi connectivity index (χ0) is 24.7. The normalized spacial score (nSPS) is 17.3. The minimum absolute atomic E-state index is 0.146. The van der Waals surface area contributed by atoms with E-state index in [9.17, 15) is 4.79 Å². The van der Waals surface area contributed by atoms with Crippen molar-refractivity contribution in [3.8, 4) is 11.5 Å². The lowest BCUT2D eigenvalue weighted by Crippen LogP contribution is -2.44. The summed E-state index contributed by atoms with van der Waals surface area (Å²) in [6, 6.07) is 13.8. The maximum atomic E-state index is 11.7. The summed E-state index contributed by atoms with van der Waals surface area (Å²) in [4.78, 5) is 11.7. The molecule has 0 bridgehead atoms. The van der Waals surface area contributed by atoms with Gasteiger partial charge in [-0.25, -0.2) is 4.79 Å². The first-order valence-corrected chi connectivity index (χ1v) is 12.8. The highest BCUT2D eigenvalue weighted by Gasteiger charge is 2.40. The minimum Gasteiger partial charge on any atom is -0.486 e. The van der Waals surface area contributed by atoms with Gasteiger partial charge in [-0.2, -0.15) is 5.10 Å². The van der Waals surface area contributed by atoms with Gasteiger partial charge in [0.2, 0.25) is 0 Å². The zero-order valence-corrected chi connectivity index (χ0v) is 21.2. The fourth-order valence-corrected chi connectivity index (χ4v) is 4.77. The molecule has 35 heavy (non-hydrogen) atoms. The molecule has 2 N–H and O–H groups in total. The van der Waals surface area contributed by atoms with Gasteiger partial charge in [0.1, 0.15) is 17.1 Å². The SMILES string of the molecule is CCOC(=O)COc1ccc2c(c1)/C(=N/NC(=S)Nc1ccc(CC)cc1)CC1(CCCCC1)O2. The fourth-order valence-electron chi connectivity index (χ4n) is 4.60. The number of nitrogens with zero attached hydrogens (tertiary/aromatic N) is 1. The van der Waals surface area contributed by atoms with Crippen molar-refractivity contribution in [3.05, 3.63) is 53.6 Å². The van der Waals surface area contributed by atoms with Crippen LogP contribution in [0.25, 0.3) is 0 Å². The Morgan fingerprint density at radius 2 is 1.89 bits per heavy atom. The van der Waals surface area contributed by atoms with E-state index >= 15 is 0 Å². The van der Waals surface area contributed by atoms with Crippen molar-refractivity contribution in [1.29, 1.82) is 0 Å². The summed E-state index contributed by atoms with van der Waals surface area (Å²) in [7, 11) is 0. The fraction of sp³-hybridized carbons (Fsp3) is 0.444. The number of hydrogen-bond donors (Lipinski definition) is 2. The highest BCUT2D eigenvalue weighted by molar-refractivity contribution is 7.80. The molecule has 4 rings (SSSR count). The summed E-state index contributed by atoms with van der Waals surface area (Å²) in [6.07, 6.45) is 7.19. The van der Waals surface area contributed by atoms with Crippen LogP contribution < -0.4 is 20.2 Å². The molecule has 2 aromatic rings. The van der Waals surface area contributed by atoms with Gasteiger partial charge in [-0.15, -0.1) is 0 Å². The van der Waals surface area contributed by atoms with Crippen molar-refractivity contribution in [2.24, 2.45) is 5.10 Å². The quantitative estimate of drug-likeness (QED) is 0.304. The van der Waals surface area contributed by atoms with Crippen molar-refractivity contribution < 1.29 is 19.0 Å². The van der Waals surface area contributed by atoms with E-state index in [4.69, 9.17) is 31.5 Å². The third-order valence-electron chi connectivity index (χ3n) is 6.42. The smallest absolute Gasteiger partial charge is 0.344 e. The van der Waals surface area contributed by atoms with E-state index in [2.05, 4.69) is 29.8 Å². The number of benzene rings is 2. The molecule has 1 fully saturated rings. The van der Waals surface area contributed by atoms with Crippen LogP contribution in [0.3, 0.4) is 0 Å². The molecule has 186 valence electrons. The summed E-state index contributed by atoms with van der Waals surface area (Å²) in [6.45, 7) is 4.07. The Bertz CT molecular complexity index is 1080. The molecule has 1 aliphatic carbocycles. The lowest BCUT2D eigenvalue weighted by Gasteiger charge is -2.41. The summed E-state index contributed by atoms with van der Waals surface area (Å²) in [5, 5.41) is 8.31. The van der Waals surface area contributed by atoms with Crippen molar-refractivity contribution in [2.75, 3.05) is 18.5 Å². The first-order valence-electron chi connectivity index (χ1n) is 12.3. The van der Waals surface area contributed by atoms with E-state index in [0.717, 1.165) is 54.8 Å². The third-order valence-corrected chi connectivity index (χ3v) is 6.61. The van der Waals surface area contributed by atoms with E-state index in [0.29, 0.717) is 23.9 Å². The van der Waals surface area contributed by atoms with E-state index in [1.165, 1.54) is 12.0 Å². The van der Waals surface area contributed by atoms with E-state index in [1.807, 2.05) is 30.3 Å². The predicted octanol–water partition coefficient (Wildman–Crippen LogP) is 5.37. The standard InChI is InChI=1S/C27H33N3O4S/c1-3-19-8-10-20(11-9-19)28-26(35)30-29-23-17-27(14-6-5-7-15-27)34-24-13-12-21(16-22(23)24)33-18-25(31)32-4-2/h8-13,16H,3-7,14-15,17-18H2,1-2H3,(H2,28,30,35)/b29-23+. The molecule has 0 aromatic heterocycles. The van der Waals surface area contributed by atoms with Crippen LogP contribution in [0.15, 0.2) is 47.6 Å². The van der Waals surface area contributed by atoms with Crippen LogP contribution in [-0.4, -0.2) is 35.6 Å². The number of hydrazone groups is 1. The molecule has 0 saturated heterocycles. The maximum absolute atomic E-state index is 11.7. The Labute approximate surface area is 212 Å². The summed E-state index contributed by atoms with van der Waals surface area (Å²) in [5.74, 6) is 0.933. The van der Waals surface area contributed by atoms with Gasteiger partial charge in [0, 0.05) is 17.7 Å². The number of aryl methyl sites for hydroxylation is 1. The molecule has 1 spiro atoms. The van der Waals surface area contributed by atoms with E-state index in [-0.39, 0.29) is 12.2 Å². The Balaban J connectivity index is 1.52. The predicted molar refractivity (Wildman–Crippen MR) is 141 cm³/mol. The highest BCUT2D eigenvalue weighted by atomic mass is 32.1. The maximum Gasteiger partial charge on any atom is 0.344 e. The molecular formula is C27H33N3O4S. The number of thiocarbonyl (C=S) groups is 1. The van der Waals surface area contributed by atoms with Crippen LogP contribution in [0.4, 0.5) is 5.69 Å². The number of carbonyl (C=O) groups excluding carboxylic acids is 1. The summed E-state index contributed by atoms with van der Waals surface area (Å²) >= 11 is 5.50. The van der Waals surface area contributed by atoms with Crippen LogP contribution in [0.2, 0.25) is 0 Å². The minimum atomic E-state index is -0.401. The van der Waals surface area contributed by atoms with Gasteiger partial charge in [-0.1, -0.05) is 25.5 Å². The summed E-state index contributed by atoms with van der Waals surface area (Å²) < 4.78 is 17.1. The number of anilines is 1. The van der Waals surface area contributed by atoms with Crippen LogP contribution >= 0.6 is 12.2 Å². The highest BCUT2D eigenvalue weighted by Crippen LogP contribution is 2.43. The van der Waals surface area contributed by atoms with Crippen molar-refractivity contribution in [3.63, 3.8) is 0 Å². The van der Waals surface area contributed by atoms with Crippen molar-refractivity contribution >= 4 is 34.7 Å². The number of rotatable bonds is 7. The molecule has 0 amide bonds. The Morgan fingerprint density at radius 1 is 1.11 bits per heavy atom. The molecule has 0 radical (unpaired) electrons. The molecule has 1 heterocycles. The van der Waals surface area contributed by atoms with Gasteiger partial charge in [0.05, 0.1) is 12.3 Å². The van der Waals surface area contributed by atoms with Crippen molar-refractivity contribution in [1.82, 2.24) is 5.43 Å². The summed E-state index contributed by atoms with van der Waals surface area (Å²) in [5.41, 5.74) is 6.65. The molecule has 7 nitrogen and oxygen atoms in total. The van der Waals surface area contributed by atoms with Gasteiger partial charge in [0.15, 0.2) is 11.7 Å². The monoisotopic (exact) mass is 495 g/mol. The molecular weight excluding hydrogens is 462 g/mol. The Hall–Kier alpha value is -3.13. The van der Waals surface area contributed by atoms with Gasteiger partial charge >= 0.3 is 5.97 Å². The third kappa shape index (κ3) is 6.51. The van der Waals surface area contributed by atoms with Crippen LogP contribution in [0.1, 0.15) is 63.5 Å². The lowest BCUT2D eigenvalue weighted by atomic mass is 9.78. The Morgan fingerprint density at radius 3 is 2.60 bits per heavy atom. The Kier molecular flexibility index (Phi) is 8.23. The van der Waals surface area contributed by atoms with Gasteiger partial charge < -0.3 is 19.5 Å². The molecule has 8 heteroatoms. The number of ether oxygens (including phenoxy) is 3. The number of nitrogens with one attached hydrogen (secondary N) is 2. The molecule has 0 atom stereocenters. The topological polar surface area (TPSA) is 81.2 Å². The lowest BCUT2D eigenvalue weighted by molar-refractivity contribution is -0.145. The molecule has 1 saturated carbocycles. The van der Waals surface area contributed by atoms with Crippen molar-refractivity contribution in [2.45, 2.75) is 64.4 Å². The van der Waals surface area contributed by atoms with Crippen LogP contribution in [-0.2, 0) is 16.0 Å². The number of fused-ring (bicyclic) bond motifs is 1. The largest absolute Gasteiger partial charge is 0.486 e. The molecule has 0 unspecified atom stereocenters. The average molecular weight is 496 g/mol. The van der Waals surface area contributed by atoms with Gasteiger partial charge in [-0.3, -0.25) is 5.43 Å². The van der Waals surface area contributed by atoms with Crippen LogP contribution in [0.5, 0.6) is 11.5 Å². The molecule has 1 aliphatic heterocycles. The second-order valence-electron chi connectivity index (χ2n) is 8.95. The second-order valence-corrected chi connectivity index (χ2v) is 9.36. The molecule has 2 aliphatic rings. The number of hydrogen-bond acceptors (Lipinski definition) is 6. The van der Waals surface area contributed by atoms with E-state index in [1.54, 1.807) is 6.92 Å². The zero-order valence-electron chi connectivity index (χ0n) is 20.4. The van der Waals surface area contributed by atoms with Crippen LogP contribution in [0, 0.1) is 0 Å².